The molecule has 0 bridgehead atoms. The lowest BCUT2D eigenvalue weighted by Crippen LogP contribution is -2.26. The number of nitrogens with zero attached hydrogens (tertiary/aromatic N) is 3. The van der Waals surface area contributed by atoms with Crippen molar-refractivity contribution in [1.29, 1.82) is 0 Å². The van der Waals surface area contributed by atoms with Gasteiger partial charge in [-0.1, -0.05) is 0 Å². The molecule has 0 radical (unpaired) electrons. The number of rotatable bonds is 5. The first-order valence-corrected chi connectivity index (χ1v) is 9.92. The fourth-order valence-corrected chi connectivity index (χ4v) is 3.98. The van der Waals surface area contributed by atoms with E-state index in [1.807, 2.05) is 25.3 Å². The topological polar surface area (TPSA) is 144 Å². The van der Waals surface area contributed by atoms with Crippen LogP contribution in [-0.2, 0) is 22.1 Å². The van der Waals surface area contributed by atoms with Gasteiger partial charge >= 0.3 is 0 Å². The van der Waals surface area contributed by atoms with Crippen LogP contribution >= 0.6 is 0 Å². The number of hydrogen-bond donors (Lipinski definition) is 1. The van der Waals surface area contributed by atoms with E-state index in [1.165, 1.54) is 24.3 Å². The van der Waals surface area contributed by atoms with Crippen LogP contribution in [0.25, 0.3) is 0 Å². The molecule has 0 saturated carbocycles. The van der Waals surface area contributed by atoms with Crippen LogP contribution in [0.4, 0.5) is 17.1 Å². The third kappa shape index (κ3) is 3.61. The molecule has 10 nitrogen and oxygen atoms in total. The molecule has 29 heavy (non-hydrogen) atoms. The van der Waals surface area contributed by atoms with Crippen LogP contribution < -0.4 is 0 Å². The van der Waals surface area contributed by atoms with Crippen molar-refractivity contribution in [2.45, 2.75) is 37.6 Å². The Balaban J connectivity index is 2.13. The fourth-order valence-electron chi connectivity index (χ4n) is 3.47. The van der Waals surface area contributed by atoms with Gasteiger partial charge in [-0.2, -0.15) is 13.0 Å². The Hall–Kier alpha value is -3.18. The SMILES string of the molecule is CC1=[N+](Cc2cc([N+](=O)[O-])cc([N+](=O)[O-])c2)c2ccc(S(=O)(=O)O)cc2C1(C)C. The largest absolute Gasteiger partial charge is 0.294 e. The van der Waals surface area contributed by atoms with Crippen LogP contribution in [0.2, 0.25) is 0 Å². The van der Waals surface area contributed by atoms with Gasteiger partial charge in [0, 0.05) is 36.2 Å². The van der Waals surface area contributed by atoms with Crippen molar-refractivity contribution >= 4 is 32.9 Å². The van der Waals surface area contributed by atoms with E-state index in [-0.39, 0.29) is 22.8 Å². The van der Waals surface area contributed by atoms with Gasteiger partial charge in [-0.3, -0.25) is 24.8 Å². The first-order valence-electron chi connectivity index (χ1n) is 8.48. The van der Waals surface area contributed by atoms with Crippen LogP contribution in [0.1, 0.15) is 31.9 Å². The van der Waals surface area contributed by atoms with Crippen LogP contribution in [0.5, 0.6) is 0 Å². The van der Waals surface area contributed by atoms with E-state index in [1.54, 1.807) is 6.07 Å². The molecule has 0 saturated heterocycles. The Morgan fingerprint density at radius 1 is 1.03 bits per heavy atom. The van der Waals surface area contributed by atoms with Gasteiger partial charge in [-0.25, -0.2) is 0 Å². The summed E-state index contributed by atoms with van der Waals surface area (Å²) >= 11 is 0. The predicted molar refractivity (Wildman–Crippen MR) is 103 cm³/mol. The van der Waals surface area contributed by atoms with Crippen molar-refractivity contribution in [3.8, 4) is 0 Å². The number of benzene rings is 2. The van der Waals surface area contributed by atoms with E-state index in [4.69, 9.17) is 0 Å². The molecule has 1 N–H and O–H groups in total. The van der Waals surface area contributed by atoms with E-state index in [0.29, 0.717) is 16.8 Å². The average Bonchev–Trinajstić information content (AvgIpc) is 2.81. The third-order valence-electron chi connectivity index (χ3n) is 5.26. The third-order valence-corrected chi connectivity index (χ3v) is 6.11. The minimum absolute atomic E-state index is 0.121. The molecule has 11 heteroatoms. The molecule has 0 amide bonds. The van der Waals surface area contributed by atoms with Crippen molar-refractivity contribution in [3.63, 3.8) is 0 Å². The lowest BCUT2D eigenvalue weighted by atomic mass is 9.82. The molecule has 2 aromatic rings. The van der Waals surface area contributed by atoms with E-state index < -0.39 is 25.4 Å². The number of nitro benzene ring substituents is 2. The molecule has 3 rings (SSSR count). The molecule has 0 unspecified atom stereocenters. The molecule has 1 aliphatic heterocycles. The van der Waals surface area contributed by atoms with Crippen molar-refractivity contribution in [3.05, 3.63) is 67.8 Å². The summed E-state index contributed by atoms with van der Waals surface area (Å²) in [6.45, 7) is 5.71. The van der Waals surface area contributed by atoms with Crippen molar-refractivity contribution in [2.75, 3.05) is 0 Å². The van der Waals surface area contributed by atoms with Crippen LogP contribution in [0.15, 0.2) is 41.3 Å². The maximum atomic E-state index is 11.5. The predicted octanol–water partition coefficient (Wildman–Crippen LogP) is 3.35. The Morgan fingerprint density at radius 3 is 2.07 bits per heavy atom. The standard InChI is InChI=1S/C18H17N3O7S/c1-11-18(2,3)16-9-15(29(26,27)28)4-5-17(16)19(11)10-12-6-13(20(22)23)8-14(7-12)21(24)25/h4-9H,10H2,1-3H3/p+1. The highest BCUT2D eigenvalue weighted by Crippen LogP contribution is 2.41. The molecule has 0 atom stereocenters. The first kappa shape index (κ1) is 20.6. The summed E-state index contributed by atoms with van der Waals surface area (Å²) < 4.78 is 34.2. The summed E-state index contributed by atoms with van der Waals surface area (Å²) in [5, 5.41) is 22.3. The van der Waals surface area contributed by atoms with Crippen molar-refractivity contribution < 1.29 is 27.4 Å². The molecule has 1 heterocycles. The Morgan fingerprint density at radius 2 is 1.59 bits per heavy atom. The molecular formula is C18H18N3O7S+. The smallest absolute Gasteiger partial charge is 0.282 e. The number of fused-ring (bicyclic) bond motifs is 1. The summed E-state index contributed by atoms with van der Waals surface area (Å²) in [5.74, 6) is 0. The zero-order chi connectivity index (χ0) is 21.7. The van der Waals surface area contributed by atoms with E-state index in [2.05, 4.69) is 0 Å². The first-order chi connectivity index (χ1) is 13.3. The average molecular weight is 420 g/mol. The van der Waals surface area contributed by atoms with Gasteiger partial charge < -0.3 is 0 Å². The van der Waals surface area contributed by atoms with Crippen LogP contribution in [-0.4, -0.2) is 33.1 Å². The highest BCUT2D eigenvalue weighted by atomic mass is 32.2. The second-order valence-electron chi connectivity index (χ2n) is 7.32. The Kier molecular flexibility index (Phi) is 4.75. The minimum Gasteiger partial charge on any atom is -0.282 e. The van der Waals surface area contributed by atoms with Gasteiger partial charge in [0.25, 0.3) is 21.5 Å². The highest BCUT2D eigenvalue weighted by molar-refractivity contribution is 7.85. The van der Waals surface area contributed by atoms with E-state index in [0.717, 1.165) is 11.8 Å². The van der Waals surface area contributed by atoms with Crippen molar-refractivity contribution in [2.24, 2.45) is 0 Å². The number of nitro groups is 2. The van der Waals surface area contributed by atoms with E-state index >= 15 is 0 Å². The molecule has 1 aliphatic rings. The van der Waals surface area contributed by atoms with Gasteiger partial charge in [0.1, 0.15) is 0 Å². The van der Waals surface area contributed by atoms with Crippen molar-refractivity contribution in [1.82, 2.24) is 0 Å². The quantitative estimate of drug-likeness (QED) is 0.338. The maximum Gasteiger partial charge on any atom is 0.294 e. The minimum atomic E-state index is -4.38. The maximum absolute atomic E-state index is 11.5. The molecule has 0 aliphatic carbocycles. The fraction of sp³-hybridized carbons (Fsp3) is 0.278. The molecule has 0 aromatic heterocycles. The second kappa shape index (κ2) is 6.71. The Bertz CT molecular complexity index is 1170. The van der Waals surface area contributed by atoms with E-state index in [9.17, 15) is 33.2 Å². The number of non-ortho nitro benzene ring substituents is 2. The zero-order valence-corrected chi connectivity index (χ0v) is 16.6. The van der Waals surface area contributed by atoms with Gasteiger partial charge in [-0.15, -0.1) is 0 Å². The summed E-state index contributed by atoms with van der Waals surface area (Å²) in [7, 11) is -4.38. The molecule has 0 spiro atoms. The van der Waals surface area contributed by atoms with Gasteiger partial charge in [0.05, 0.1) is 26.2 Å². The normalized spacial score (nSPS) is 15.3. The monoisotopic (exact) mass is 420 g/mol. The summed E-state index contributed by atoms with van der Waals surface area (Å²) in [5.41, 5.74) is 1.17. The summed E-state index contributed by atoms with van der Waals surface area (Å²) in [6, 6.07) is 7.66. The molecule has 0 fully saturated rings. The summed E-state index contributed by atoms with van der Waals surface area (Å²) in [4.78, 5) is 20.7. The van der Waals surface area contributed by atoms with Gasteiger partial charge in [-0.05, 0) is 26.0 Å². The molecule has 152 valence electrons. The zero-order valence-electron chi connectivity index (χ0n) is 15.8. The van der Waals surface area contributed by atoms with Gasteiger partial charge in [0.15, 0.2) is 12.3 Å². The van der Waals surface area contributed by atoms with Gasteiger partial charge in [0.2, 0.25) is 5.69 Å². The lowest BCUT2D eigenvalue weighted by molar-refractivity contribution is -0.456. The number of hydrogen-bond acceptors (Lipinski definition) is 6. The lowest BCUT2D eigenvalue weighted by Gasteiger charge is -2.15. The summed E-state index contributed by atoms with van der Waals surface area (Å²) in [6.07, 6.45) is 0. The Labute approximate surface area is 166 Å². The molecular weight excluding hydrogens is 402 g/mol. The second-order valence-corrected chi connectivity index (χ2v) is 8.74. The van der Waals surface area contributed by atoms with Crippen LogP contribution in [0, 0.1) is 20.2 Å². The molecule has 2 aromatic carbocycles. The van der Waals surface area contributed by atoms with Crippen LogP contribution in [0.3, 0.4) is 0 Å². The highest BCUT2D eigenvalue weighted by Gasteiger charge is 2.43.